The van der Waals surface area contributed by atoms with E-state index >= 15 is 0 Å². The Bertz CT molecular complexity index is 552. The van der Waals surface area contributed by atoms with E-state index in [1.54, 1.807) is 0 Å². The molecule has 1 aromatic heterocycles. The minimum absolute atomic E-state index is 0.587. The molecule has 2 heterocycles. The minimum atomic E-state index is 0.587. The molecule has 0 amide bonds. The molecule has 0 radical (unpaired) electrons. The summed E-state index contributed by atoms with van der Waals surface area (Å²) in [5, 5.41) is 3.44. The van der Waals surface area contributed by atoms with E-state index < -0.39 is 0 Å². The number of aromatic nitrogens is 2. The van der Waals surface area contributed by atoms with Gasteiger partial charge in [-0.25, -0.2) is 4.98 Å². The fourth-order valence-corrected chi connectivity index (χ4v) is 2.96. The van der Waals surface area contributed by atoms with Crippen LogP contribution in [0.5, 0.6) is 0 Å². The van der Waals surface area contributed by atoms with Crippen LogP contribution in [0.2, 0.25) is 0 Å². The lowest BCUT2D eigenvalue weighted by Crippen LogP contribution is -2.30. The van der Waals surface area contributed by atoms with Gasteiger partial charge in [0.2, 0.25) is 0 Å². The van der Waals surface area contributed by atoms with Gasteiger partial charge in [-0.2, -0.15) is 0 Å². The van der Waals surface area contributed by atoms with Crippen molar-refractivity contribution in [3.8, 4) is 0 Å². The molecule has 2 aromatic rings. The summed E-state index contributed by atoms with van der Waals surface area (Å²) in [6.07, 6.45) is 2.39. The van der Waals surface area contributed by atoms with E-state index in [0.717, 1.165) is 25.2 Å². The maximum atomic E-state index is 4.83. The number of imidazole rings is 1. The molecule has 0 aliphatic carbocycles. The highest BCUT2D eigenvalue weighted by molar-refractivity contribution is 5.76. The molecule has 4 heteroatoms. The summed E-state index contributed by atoms with van der Waals surface area (Å²) in [5.41, 5.74) is 2.41. The quantitative estimate of drug-likeness (QED) is 0.914. The van der Waals surface area contributed by atoms with Crippen molar-refractivity contribution in [3.63, 3.8) is 0 Å². The van der Waals surface area contributed by atoms with Crippen LogP contribution in [-0.4, -0.2) is 41.6 Å². The summed E-state index contributed by atoms with van der Waals surface area (Å²) in [6, 6.07) is 9.08. The normalized spacial score (nSPS) is 17.4. The van der Waals surface area contributed by atoms with Gasteiger partial charge in [0.25, 0.3) is 0 Å². The highest BCUT2D eigenvalue weighted by Crippen LogP contribution is 2.27. The van der Waals surface area contributed by atoms with Gasteiger partial charge >= 0.3 is 0 Å². The number of fused-ring (bicyclic) bond motifs is 1. The van der Waals surface area contributed by atoms with E-state index in [9.17, 15) is 0 Å². The molecule has 1 aliphatic heterocycles. The Labute approximate surface area is 114 Å². The van der Waals surface area contributed by atoms with Gasteiger partial charge in [0.1, 0.15) is 5.82 Å². The number of nitrogens with zero attached hydrogens (tertiary/aromatic N) is 3. The van der Waals surface area contributed by atoms with Crippen LogP contribution in [0.1, 0.15) is 24.7 Å². The van der Waals surface area contributed by atoms with E-state index in [4.69, 9.17) is 4.98 Å². The lowest BCUT2D eigenvalue weighted by molar-refractivity contribution is 0.335. The van der Waals surface area contributed by atoms with Crippen molar-refractivity contribution < 1.29 is 0 Å². The van der Waals surface area contributed by atoms with Gasteiger partial charge < -0.3 is 14.8 Å². The van der Waals surface area contributed by atoms with E-state index in [0.29, 0.717) is 6.04 Å². The van der Waals surface area contributed by atoms with Gasteiger partial charge in [0, 0.05) is 6.04 Å². The third-order valence-corrected chi connectivity index (χ3v) is 3.80. The summed E-state index contributed by atoms with van der Waals surface area (Å²) in [4.78, 5) is 7.02. The summed E-state index contributed by atoms with van der Waals surface area (Å²) < 4.78 is 2.47. The SMILES string of the molecule is CN(C)Cc1nc2ccccc2n1C1CCNCC1. The lowest BCUT2D eigenvalue weighted by Gasteiger charge is -2.27. The van der Waals surface area contributed by atoms with Crippen LogP contribution < -0.4 is 5.32 Å². The molecule has 1 saturated heterocycles. The fraction of sp³-hybridized carbons (Fsp3) is 0.533. The van der Waals surface area contributed by atoms with Gasteiger partial charge in [0.15, 0.2) is 0 Å². The number of benzene rings is 1. The second kappa shape index (κ2) is 5.31. The third-order valence-electron chi connectivity index (χ3n) is 3.80. The predicted octanol–water partition coefficient (Wildman–Crippen LogP) is 2.02. The molecule has 0 bridgehead atoms. The highest BCUT2D eigenvalue weighted by Gasteiger charge is 2.21. The van der Waals surface area contributed by atoms with Crippen molar-refractivity contribution in [2.75, 3.05) is 27.2 Å². The summed E-state index contributed by atoms with van der Waals surface area (Å²) >= 11 is 0. The number of para-hydroxylation sites is 2. The van der Waals surface area contributed by atoms with Gasteiger partial charge in [0.05, 0.1) is 17.6 Å². The standard InChI is InChI=1S/C15H22N4/c1-18(2)11-15-17-13-5-3-4-6-14(13)19(15)12-7-9-16-10-8-12/h3-6,12,16H,7-11H2,1-2H3. The van der Waals surface area contributed by atoms with Gasteiger partial charge in [-0.1, -0.05) is 12.1 Å². The fourth-order valence-electron chi connectivity index (χ4n) is 2.96. The Kier molecular flexibility index (Phi) is 3.53. The Morgan fingerprint density at radius 3 is 2.74 bits per heavy atom. The molecule has 0 spiro atoms. The molecule has 0 unspecified atom stereocenters. The molecular weight excluding hydrogens is 236 g/mol. The first-order valence-corrected chi connectivity index (χ1v) is 7.07. The molecule has 1 fully saturated rings. The zero-order valence-corrected chi connectivity index (χ0v) is 11.8. The highest BCUT2D eigenvalue weighted by atomic mass is 15.2. The average molecular weight is 258 g/mol. The van der Waals surface area contributed by atoms with E-state index in [1.165, 1.54) is 24.2 Å². The molecular formula is C15H22N4. The first-order valence-electron chi connectivity index (χ1n) is 7.07. The first-order chi connectivity index (χ1) is 9.25. The summed E-state index contributed by atoms with van der Waals surface area (Å²) in [6.45, 7) is 3.12. The number of piperidine rings is 1. The molecule has 19 heavy (non-hydrogen) atoms. The zero-order valence-electron chi connectivity index (χ0n) is 11.8. The second-order valence-electron chi connectivity index (χ2n) is 5.61. The lowest BCUT2D eigenvalue weighted by atomic mass is 10.1. The monoisotopic (exact) mass is 258 g/mol. The van der Waals surface area contributed by atoms with Crippen molar-refractivity contribution in [1.82, 2.24) is 19.8 Å². The largest absolute Gasteiger partial charge is 0.324 e. The number of hydrogen-bond acceptors (Lipinski definition) is 3. The first kappa shape index (κ1) is 12.6. The Hall–Kier alpha value is -1.39. The summed E-state index contributed by atoms with van der Waals surface area (Å²) in [5.74, 6) is 1.19. The van der Waals surface area contributed by atoms with Crippen LogP contribution in [0, 0.1) is 0 Å². The molecule has 1 N–H and O–H groups in total. The third kappa shape index (κ3) is 2.51. The van der Waals surface area contributed by atoms with E-state index in [1.807, 2.05) is 0 Å². The predicted molar refractivity (Wildman–Crippen MR) is 78.3 cm³/mol. The smallest absolute Gasteiger partial charge is 0.124 e. The molecule has 4 nitrogen and oxygen atoms in total. The average Bonchev–Trinajstić information content (AvgIpc) is 2.76. The van der Waals surface area contributed by atoms with Crippen molar-refractivity contribution in [2.45, 2.75) is 25.4 Å². The molecule has 1 aliphatic rings. The Balaban J connectivity index is 2.06. The maximum absolute atomic E-state index is 4.83. The van der Waals surface area contributed by atoms with Gasteiger partial charge in [-0.05, 0) is 52.2 Å². The van der Waals surface area contributed by atoms with Crippen molar-refractivity contribution >= 4 is 11.0 Å². The molecule has 3 rings (SSSR count). The van der Waals surface area contributed by atoms with Gasteiger partial charge in [-0.15, -0.1) is 0 Å². The Morgan fingerprint density at radius 1 is 1.26 bits per heavy atom. The Morgan fingerprint density at radius 2 is 2.00 bits per heavy atom. The van der Waals surface area contributed by atoms with Crippen LogP contribution in [0.3, 0.4) is 0 Å². The topological polar surface area (TPSA) is 33.1 Å². The van der Waals surface area contributed by atoms with Crippen molar-refractivity contribution in [3.05, 3.63) is 30.1 Å². The van der Waals surface area contributed by atoms with Gasteiger partial charge in [-0.3, -0.25) is 0 Å². The van der Waals surface area contributed by atoms with Crippen LogP contribution in [0.25, 0.3) is 11.0 Å². The minimum Gasteiger partial charge on any atom is -0.324 e. The molecule has 102 valence electrons. The molecule has 0 atom stereocenters. The van der Waals surface area contributed by atoms with Crippen LogP contribution >= 0.6 is 0 Å². The van der Waals surface area contributed by atoms with E-state index in [-0.39, 0.29) is 0 Å². The van der Waals surface area contributed by atoms with E-state index in [2.05, 4.69) is 53.1 Å². The molecule has 1 aromatic carbocycles. The van der Waals surface area contributed by atoms with Crippen molar-refractivity contribution in [1.29, 1.82) is 0 Å². The van der Waals surface area contributed by atoms with Crippen LogP contribution in [0.4, 0.5) is 0 Å². The van der Waals surface area contributed by atoms with Crippen LogP contribution in [-0.2, 0) is 6.54 Å². The zero-order chi connectivity index (χ0) is 13.2. The second-order valence-corrected chi connectivity index (χ2v) is 5.61. The summed E-state index contributed by atoms with van der Waals surface area (Å²) in [7, 11) is 4.21. The van der Waals surface area contributed by atoms with Crippen molar-refractivity contribution in [2.24, 2.45) is 0 Å². The maximum Gasteiger partial charge on any atom is 0.124 e. The number of hydrogen-bond donors (Lipinski definition) is 1. The van der Waals surface area contributed by atoms with Crippen LogP contribution in [0.15, 0.2) is 24.3 Å². The number of rotatable bonds is 3. The molecule has 0 saturated carbocycles. The number of nitrogens with one attached hydrogen (secondary N) is 1.